The largest absolute Gasteiger partial charge is 0.396 e. The summed E-state index contributed by atoms with van der Waals surface area (Å²) in [4.78, 5) is 1.34. The molecule has 0 aliphatic heterocycles. The van der Waals surface area contributed by atoms with E-state index in [2.05, 4.69) is 24.3 Å². The Balaban J connectivity index is 1.75. The molecule has 0 heterocycles. The van der Waals surface area contributed by atoms with Gasteiger partial charge in [0.15, 0.2) is 0 Å². The molecule has 0 spiro atoms. The molecule has 1 nitrogen and oxygen atoms in total. The van der Waals surface area contributed by atoms with E-state index < -0.39 is 0 Å². The van der Waals surface area contributed by atoms with Gasteiger partial charge in [-0.25, -0.2) is 0 Å². The fourth-order valence-electron chi connectivity index (χ4n) is 2.07. The average molecular weight is 222 g/mol. The summed E-state index contributed by atoms with van der Waals surface area (Å²) in [7, 11) is 0. The van der Waals surface area contributed by atoms with Gasteiger partial charge in [-0.2, -0.15) is 0 Å². The molecule has 1 aromatic carbocycles. The van der Waals surface area contributed by atoms with Crippen molar-refractivity contribution >= 4 is 11.8 Å². The number of hydrogen-bond donors (Lipinski definition) is 1. The highest BCUT2D eigenvalue weighted by atomic mass is 32.2. The highest BCUT2D eigenvalue weighted by Gasteiger charge is 2.35. The van der Waals surface area contributed by atoms with Crippen LogP contribution >= 0.6 is 11.8 Å². The Morgan fingerprint density at radius 2 is 1.93 bits per heavy atom. The van der Waals surface area contributed by atoms with Gasteiger partial charge in [0.1, 0.15) is 0 Å². The minimum Gasteiger partial charge on any atom is -0.396 e. The third-order valence-electron chi connectivity index (χ3n) is 3.39. The number of benzene rings is 1. The van der Waals surface area contributed by atoms with Gasteiger partial charge in [-0.1, -0.05) is 24.6 Å². The molecular formula is C13H18OS. The molecule has 2 rings (SSSR count). The van der Waals surface area contributed by atoms with E-state index in [-0.39, 0.29) is 5.41 Å². The van der Waals surface area contributed by atoms with E-state index in [0.717, 1.165) is 12.2 Å². The summed E-state index contributed by atoms with van der Waals surface area (Å²) in [6.07, 6.45) is 4.90. The quantitative estimate of drug-likeness (QED) is 0.771. The number of hydrogen-bond acceptors (Lipinski definition) is 2. The molecule has 0 saturated heterocycles. The van der Waals surface area contributed by atoms with Gasteiger partial charge in [-0.15, -0.1) is 11.8 Å². The Morgan fingerprint density at radius 1 is 1.20 bits per heavy atom. The molecular weight excluding hydrogens is 204 g/mol. The number of aliphatic hydroxyl groups is 1. The maximum Gasteiger partial charge on any atom is 0.0487 e. The zero-order valence-corrected chi connectivity index (χ0v) is 9.80. The molecule has 82 valence electrons. The second-order valence-electron chi connectivity index (χ2n) is 4.42. The second kappa shape index (κ2) is 5.04. The van der Waals surface area contributed by atoms with Gasteiger partial charge in [0.25, 0.3) is 0 Å². The molecule has 1 N–H and O–H groups in total. The molecule has 1 aliphatic carbocycles. The van der Waals surface area contributed by atoms with Crippen molar-refractivity contribution in [2.24, 2.45) is 5.41 Å². The minimum absolute atomic E-state index is 0.280. The van der Waals surface area contributed by atoms with Crippen LogP contribution in [0.5, 0.6) is 0 Å². The lowest BCUT2D eigenvalue weighted by atomic mass is 9.68. The van der Waals surface area contributed by atoms with Crippen LogP contribution in [-0.4, -0.2) is 17.5 Å². The van der Waals surface area contributed by atoms with Gasteiger partial charge >= 0.3 is 0 Å². The zero-order chi connectivity index (χ0) is 10.6. The Kier molecular flexibility index (Phi) is 3.71. The summed E-state index contributed by atoms with van der Waals surface area (Å²) < 4.78 is 0. The van der Waals surface area contributed by atoms with Crippen molar-refractivity contribution < 1.29 is 5.11 Å². The minimum atomic E-state index is 0.280. The van der Waals surface area contributed by atoms with Gasteiger partial charge in [-0.05, 0) is 42.6 Å². The van der Waals surface area contributed by atoms with Crippen LogP contribution in [0.4, 0.5) is 0 Å². The molecule has 1 aromatic rings. The maximum atomic E-state index is 9.32. The predicted molar refractivity (Wildman–Crippen MR) is 65.2 cm³/mol. The third-order valence-corrected chi connectivity index (χ3v) is 4.41. The first kappa shape index (κ1) is 11.0. The average Bonchev–Trinajstić information content (AvgIpc) is 2.24. The summed E-state index contributed by atoms with van der Waals surface area (Å²) in [5.74, 6) is 1.13. The predicted octanol–water partition coefficient (Wildman–Crippen LogP) is 3.33. The molecule has 1 saturated carbocycles. The fraction of sp³-hybridized carbons (Fsp3) is 0.538. The Morgan fingerprint density at radius 3 is 2.47 bits per heavy atom. The summed E-state index contributed by atoms with van der Waals surface area (Å²) in [5.41, 5.74) is 0.280. The van der Waals surface area contributed by atoms with Crippen molar-refractivity contribution in [3.05, 3.63) is 30.3 Å². The van der Waals surface area contributed by atoms with E-state index >= 15 is 0 Å². The Labute approximate surface area is 95.9 Å². The highest BCUT2D eigenvalue weighted by Crippen LogP contribution is 2.44. The number of rotatable bonds is 5. The molecule has 15 heavy (non-hydrogen) atoms. The van der Waals surface area contributed by atoms with Crippen LogP contribution in [0, 0.1) is 5.41 Å². The normalized spacial score (nSPS) is 18.5. The lowest BCUT2D eigenvalue weighted by Gasteiger charge is -2.40. The molecule has 1 aliphatic rings. The topological polar surface area (TPSA) is 20.2 Å². The SMILES string of the molecule is OCC1(CCSc2ccccc2)CCC1. The third kappa shape index (κ3) is 2.76. The second-order valence-corrected chi connectivity index (χ2v) is 5.59. The summed E-state index contributed by atoms with van der Waals surface area (Å²) in [6.45, 7) is 0.377. The van der Waals surface area contributed by atoms with Gasteiger partial charge < -0.3 is 5.11 Å². The maximum absolute atomic E-state index is 9.32. The molecule has 0 radical (unpaired) electrons. The number of thioether (sulfide) groups is 1. The first-order valence-electron chi connectivity index (χ1n) is 5.63. The van der Waals surface area contributed by atoms with Crippen LogP contribution in [0.25, 0.3) is 0 Å². The molecule has 1 fully saturated rings. The molecule has 2 heteroatoms. The molecule has 0 amide bonds. The summed E-state index contributed by atoms with van der Waals surface area (Å²) in [5, 5.41) is 9.32. The van der Waals surface area contributed by atoms with Crippen molar-refractivity contribution in [1.82, 2.24) is 0 Å². The Bertz CT molecular complexity index is 287. The van der Waals surface area contributed by atoms with E-state index in [4.69, 9.17) is 0 Å². The lowest BCUT2D eigenvalue weighted by Crippen LogP contribution is -2.33. The van der Waals surface area contributed by atoms with Crippen LogP contribution in [0.2, 0.25) is 0 Å². The van der Waals surface area contributed by atoms with Crippen LogP contribution in [-0.2, 0) is 0 Å². The lowest BCUT2D eigenvalue weighted by molar-refractivity contribution is 0.0422. The van der Waals surface area contributed by atoms with Gasteiger partial charge in [0.2, 0.25) is 0 Å². The van der Waals surface area contributed by atoms with Crippen molar-refractivity contribution in [2.45, 2.75) is 30.6 Å². The first-order chi connectivity index (χ1) is 7.35. The van der Waals surface area contributed by atoms with Crippen LogP contribution in [0.3, 0.4) is 0 Å². The van der Waals surface area contributed by atoms with Gasteiger partial charge in [0, 0.05) is 11.5 Å². The molecule has 0 unspecified atom stereocenters. The smallest absolute Gasteiger partial charge is 0.0487 e. The van der Waals surface area contributed by atoms with E-state index in [9.17, 15) is 5.11 Å². The first-order valence-corrected chi connectivity index (χ1v) is 6.62. The van der Waals surface area contributed by atoms with Gasteiger partial charge in [0.05, 0.1) is 0 Å². The van der Waals surface area contributed by atoms with Crippen molar-refractivity contribution in [3.8, 4) is 0 Å². The van der Waals surface area contributed by atoms with Crippen molar-refractivity contribution in [3.63, 3.8) is 0 Å². The van der Waals surface area contributed by atoms with E-state index in [1.165, 1.54) is 24.2 Å². The standard InChI is InChI=1S/C13H18OS/c14-11-13(7-4-8-13)9-10-15-12-5-2-1-3-6-12/h1-3,5-6,14H,4,7-11H2. The molecule has 0 bridgehead atoms. The van der Waals surface area contributed by atoms with Crippen LogP contribution < -0.4 is 0 Å². The van der Waals surface area contributed by atoms with E-state index in [0.29, 0.717) is 6.61 Å². The van der Waals surface area contributed by atoms with Crippen molar-refractivity contribution in [1.29, 1.82) is 0 Å². The monoisotopic (exact) mass is 222 g/mol. The highest BCUT2D eigenvalue weighted by molar-refractivity contribution is 7.99. The van der Waals surface area contributed by atoms with Crippen LogP contribution in [0.1, 0.15) is 25.7 Å². The number of aliphatic hydroxyl groups excluding tert-OH is 1. The van der Waals surface area contributed by atoms with E-state index in [1.54, 1.807) is 0 Å². The van der Waals surface area contributed by atoms with Gasteiger partial charge in [-0.3, -0.25) is 0 Å². The summed E-state index contributed by atoms with van der Waals surface area (Å²) in [6, 6.07) is 10.5. The summed E-state index contributed by atoms with van der Waals surface area (Å²) >= 11 is 1.90. The van der Waals surface area contributed by atoms with Crippen LogP contribution in [0.15, 0.2) is 35.2 Å². The molecule has 0 atom stereocenters. The fourth-order valence-corrected chi connectivity index (χ4v) is 3.19. The van der Waals surface area contributed by atoms with Crippen molar-refractivity contribution in [2.75, 3.05) is 12.4 Å². The Hall–Kier alpha value is -0.470. The molecule has 0 aromatic heterocycles. The zero-order valence-electron chi connectivity index (χ0n) is 8.98. The van der Waals surface area contributed by atoms with E-state index in [1.807, 2.05) is 17.8 Å².